The van der Waals surface area contributed by atoms with E-state index in [-0.39, 0.29) is 17.2 Å². The minimum absolute atomic E-state index is 0.0865. The van der Waals surface area contributed by atoms with Crippen LogP contribution in [0.25, 0.3) is 0 Å². The van der Waals surface area contributed by atoms with Crippen molar-refractivity contribution in [3.8, 4) is 0 Å². The van der Waals surface area contributed by atoms with Crippen LogP contribution in [0.15, 0.2) is 60.8 Å². The van der Waals surface area contributed by atoms with Crippen LogP contribution in [0.3, 0.4) is 0 Å². The van der Waals surface area contributed by atoms with Crippen molar-refractivity contribution in [3.63, 3.8) is 0 Å². The van der Waals surface area contributed by atoms with E-state index in [0.717, 1.165) is 24.1 Å². The summed E-state index contributed by atoms with van der Waals surface area (Å²) in [6, 6.07) is 13.9. The van der Waals surface area contributed by atoms with Crippen molar-refractivity contribution in [1.82, 2.24) is 9.88 Å². The molecule has 146 valence electrons. The summed E-state index contributed by atoms with van der Waals surface area (Å²) in [6.07, 6.45) is 2.08. The van der Waals surface area contributed by atoms with Crippen molar-refractivity contribution < 1.29 is 18.4 Å². The van der Waals surface area contributed by atoms with E-state index in [4.69, 9.17) is 0 Å². The van der Waals surface area contributed by atoms with Gasteiger partial charge < -0.3 is 10.2 Å². The lowest BCUT2D eigenvalue weighted by molar-refractivity contribution is 0.0728. The molecule has 7 heteroatoms. The molecule has 0 saturated carbocycles. The van der Waals surface area contributed by atoms with E-state index in [1.165, 1.54) is 30.0 Å². The zero-order valence-corrected chi connectivity index (χ0v) is 15.4. The van der Waals surface area contributed by atoms with Gasteiger partial charge in [0, 0.05) is 24.8 Å². The van der Waals surface area contributed by atoms with E-state index in [2.05, 4.69) is 10.3 Å². The Kier molecular flexibility index (Phi) is 5.03. The number of amides is 2. The molecule has 0 aliphatic carbocycles. The summed E-state index contributed by atoms with van der Waals surface area (Å²) in [7, 11) is 0. The van der Waals surface area contributed by atoms with Crippen LogP contribution in [-0.4, -0.2) is 28.2 Å². The number of benzene rings is 2. The van der Waals surface area contributed by atoms with E-state index in [0.29, 0.717) is 13.1 Å². The third kappa shape index (κ3) is 3.85. The fourth-order valence-electron chi connectivity index (χ4n) is 3.32. The zero-order chi connectivity index (χ0) is 20.4. The predicted molar refractivity (Wildman–Crippen MR) is 103 cm³/mol. The molecule has 0 atom stereocenters. The lowest BCUT2D eigenvalue weighted by Gasteiger charge is -2.28. The van der Waals surface area contributed by atoms with Crippen molar-refractivity contribution >= 4 is 17.5 Å². The maximum absolute atomic E-state index is 13.8. The molecule has 1 aromatic heterocycles. The molecule has 1 N–H and O–H groups in total. The Morgan fingerprint density at radius 2 is 1.69 bits per heavy atom. The van der Waals surface area contributed by atoms with Crippen molar-refractivity contribution in [2.75, 3.05) is 11.9 Å². The second-order valence-corrected chi connectivity index (χ2v) is 6.73. The third-order valence-electron chi connectivity index (χ3n) is 4.86. The quantitative estimate of drug-likeness (QED) is 0.736. The average Bonchev–Trinajstić information content (AvgIpc) is 2.75. The largest absolute Gasteiger partial charge is 0.333 e. The monoisotopic (exact) mass is 393 g/mol. The van der Waals surface area contributed by atoms with Crippen LogP contribution in [0.2, 0.25) is 0 Å². The summed E-state index contributed by atoms with van der Waals surface area (Å²) in [5.74, 6) is -2.79. The summed E-state index contributed by atoms with van der Waals surface area (Å²) in [5.41, 5.74) is 1.95. The van der Waals surface area contributed by atoms with E-state index >= 15 is 0 Å². The van der Waals surface area contributed by atoms with E-state index in [1.54, 1.807) is 4.90 Å². The van der Waals surface area contributed by atoms with Crippen molar-refractivity contribution in [3.05, 3.63) is 94.8 Å². The second kappa shape index (κ2) is 7.79. The lowest BCUT2D eigenvalue weighted by Crippen LogP contribution is -2.36. The molecule has 5 nitrogen and oxygen atoms in total. The third-order valence-corrected chi connectivity index (χ3v) is 4.86. The van der Waals surface area contributed by atoms with Crippen molar-refractivity contribution in [2.45, 2.75) is 13.0 Å². The number of fused-ring (bicyclic) bond motifs is 1. The molecule has 0 unspecified atom stereocenters. The first-order valence-electron chi connectivity index (χ1n) is 9.10. The molecule has 0 saturated heterocycles. The first-order valence-corrected chi connectivity index (χ1v) is 9.10. The van der Waals surface area contributed by atoms with Crippen LogP contribution in [0.5, 0.6) is 0 Å². The highest BCUT2D eigenvalue weighted by Gasteiger charge is 2.23. The first kappa shape index (κ1) is 18.7. The number of carbonyl (C=O) groups is 2. The van der Waals surface area contributed by atoms with E-state index < -0.39 is 23.2 Å². The molecular formula is C22H17F2N3O2. The Hall–Kier alpha value is -3.61. The number of para-hydroxylation sites is 1. The van der Waals surface area contributed by atoms with Crippen LogP contribution in [0, 0.1) is 11.6 Å². The number of carbonyl (C=O) groups excluding carboxylic acids is 2. The van der Waals surface area contributed by atoms with Gasteiger partial charge in [-0.15, -0.1) is 0 Å². The molecule has 2 aromatic carbocycles. The summed E-state index contributed by atoms with van der Waals surface area (Å²) in [6.45, 7) is 1.02. The van der Waals surface area contributed by atoms with Gasteiger partial charge >= 0.3 is 0 Å². The number of hydrogen-bond donors (Lipinski definition) is 1. The summed E-state index contributed by atoms with van der Waals surface area (Å²) in [5, 5.41) is 2.21. The fourth-order valence-corrected chi connectivity index (χ4v) is 3.32. The van der Waals surface area contributed by atoms with Gasteiger partial charge in [0.1, 0.15) is 23.0 Å². The molecule has 4 rings (SSSR count). The maximum atomic E-state index is 13.8. The van der Waals surface area contributed by atoms with Crippen molar-refractivity contribution in [2.24, 2.45) is 0 Å². The molecule has 0 radical (unpaired) electrons. The van der Waals surface area contributed by atoms with Gasteiger partial charge in [0.05, 0.1) is 0 Å². The van der Waals surface area contributed by atoms with Gasteiger partial charge in [-0.2, -0.15) is 0 Å². The van der Waals surface area contributed by atoms with Gasteiger partial charge in [0.15, 0.2) is 0 Å². The molecule has 1 aliphatic rings. The molecule has 3 aromatic rings. The van der Waals surface area contributed by atoms with Crippen LogP contribution in [-0.2, 0) is 13.0 Å². The van der Waals surface area contributed by atoms with Crippen LogP contribution < -0.4 is 5.32 Å². The number of aromatic nitrogens is 1. The minimum atomic E-state index is -0.879. The number of pyridine rings is 1. The van der Waals surface area contributed by atoms with Gasteiger partial charge in [-0.3, -0.25) is 14.6 Å². The highest BCUT2D eigenvalue weighted by atomic mass is 19.1. The highest BCUT2D eigenvalue weighted by molar-refractivity contribution is 6.05. The number of hydrogen-bond acceptors (Lipinski definition) is 3. The smallest absolute Gasteiger partial charge is 0.272 e. The predicted octanol–water partition coefficient (Wildman–Crippen LogP) is 3.81. The molecule has 29 heavy (non-hydrogen) atoms. The summed E-state index contributed by atoms with van der Waals surface area (Å²) < 4.78 is 27.5. The van der Waals surface area contributed by atoms with Gasteiger partial charge in [0.2, 0.25) is 0 Å². The minimum Gasteiger partial charge on any atom is -0.333 e. The molecule has 0 fully saturated rings. The van der Waals surface area contributed by atoms with Crippen LogP contribution >= 0.6 is 0 Å². The summed E-state index contributed by atoms with van der Waals surface area (Å²) in [4.78, 5) is 31.0. The molecule has 0 spiro atoms. The number of nitrogens with one attached hydrogen (secondary N) is 1. The lowest BCUT2D eigenvalue weighted by atomic mass is 9.99. The van der Waals surface area contributed by atoms with E-state index in [9.17, 15) is 18.4 Å². The highest BCUT2D eigenvalue weighted by Crippen LogP contribution is 2.21. The van der Waals surface area contributed by atoms with Gasteiger partial charge in [-0.25, -0.2) is 8.78 Å². The van der Waals surface area contributed by atoms with Gasteiger partial charge in [0.25, 0.3) is 11.8 Å². The van der Waals surface area contributed by atoms with Crippen molar-refractivity contribution in [1.29, 1.82) is 0 Å². The number of rotatable bonds is 3. The van der Waals surface area contributed by atoms with Gasteiger partial charge in [-0.05, 0) is 41.8 Å². The molecule has 2 amide bonds. The number of halogens is 2. The molecule has 2 heterocycles. The normalized spacial score (nSPS) is 13.0. The number of anilines is 1. The second-order valence-electron chi connectivity index (χ2n) is 6.73. The van der Waals surface area contributed by atoms with Crippen LogP contribution in [0.4, 0.5) is 14.5 Å². The standard InChI is InChI=1S/C22H17F2N3O2/c23-17-6-3-7-18(24)20(17)26-21(28)15-8-10-25-19(12-15)22(29)27-11-9-14-4-1-2-5-16(14)13-27/h1-8,10,12H,9,11,13H2,(H,26,28). The molecule has 1 aliphatic heterocycles. The average molecular weight is 393 g/mol. The van der Waals surface area contributed by atoms with Gasteiger partial charge in [-0.1, -0.05) is 30.3 Å². The fraction of sp³-hybridized carbons (Fsp3) is 0.136. The zero-order valence-electron chi connectivity index (χ0n) is 15.4. The first-order chi connectivity index (χ1) is 14.0. The molecule has 0 bridgehead atoms. The Balaban J connectivity index is 1.53. The number of nitrogens with zero attached hydrogens (tertiary/aromatic N) is 2. The topological polar surface area (TPSA) is 62.3 Å². The maximum Gasteiger partial charge on any atom is 0.272 e. The SMILES string of the molecule is O=C(Nc1c(F)cccc1F)c1ccnc(C(=O)N2CCc3ccccc3C2)c1. The van der Waals surface area contributed by atoms with E-state index in [1.807, 2.05) is 24.3 Å². The Bertz CT molecular complexity index is 1080. The Labute approximate surface area is 166 Å². The Morgan fingerprint density at radius 3 is 2.45 bits per heavy atom. The Morgan fingerprint density at radius 1 is 0.966 bits per heavy atom. The molecular weight excluding hydrogens is 376 g/mol. The summed E-state index contributed by atoms with van der Waals surface area (Å²) >= 11 is 0. The van der Waals surface area contributed by atoms with Crippen LogP contribution in [0.1, 0.15) is 32.0 Å².